The number of carbonyl (C=O) groups excluding carboxylic acids is 2. The highest BCUT2D eigenvalue weighted by molar-refractivity contribution is 7.99. The van der Waals surface area contributed by atoms with E-state index in [-0.39, 0.29) is 12.0 Å². The van der Waals surface area contributed by atoms with Crippen molar-refractivity contribution in [2.24, 2.45) is 7.05 Å². The first-order valence-corrected chi connectivity index (χ1v) is 18.1. The van der Waals surface area contributed by atoms with Crippen molar-refractivity contribution in [2.75, 3.05) is 44.3 Å². The second-order valence-electron chi connectivity index (χ2n) is 12.7. The minimum atomic E-state index is 0.0848. The van der Waals surface area contributed by atoms with Gasteiger partial charge in [0.1, 0.15) is 12.0 Å². The maximum absolute atomic E-state index is 12.6. The van der Waals surface area contributed by atoms with Crippen molar-refractivity contribution in [3.8, 4) is 28.5 Å². The molecular formula is C37H43N9O3S. The van der Waals surface area contributed by atoms with Gasteiger partial charge in [0, 0.05) is 66.4 Å². The van der Waals surface area contributed by atoms with Crippen LogP contribution in [0.4, 0.5) is 5.69 Å². The van der Waals surface area contributed by atoms with Gasteiger partial charge in [-0.15, -0.1) is 0 Å². The molecule has 260 valence electrons. The molecule has 2 aromatic carbocycles. The molecule has 2 amide bonds. The summed E-state index contributed by atoms with van der Waals surface area (Å²) in [5.41, 5.74) is 6.83. The van der Waals surface area contributed by atoms with Crippen LogP contribution in [-0.2, 0) is 16.6 Å². The Morgan fingerprint density at radius 1 is 1.08 bits per heavy atom. The lowest BCUT2D eigenvalue weighted by Crippen LogP contribution is -2.41. The van der Waals surface area contributed by atoms with Gasteiger partial charge in [0.25, 0.3) is 0 Å². The number of aromatic amines is 1. The van der Waals surface area contributed by atoms with Crippen LogP contribution in [0.15, 0.2) is 73.2 Å². The summed E-state index contributed by atoms with van der Waals surface area (Å²) in [6.45, 7) is 8.07. The number of pyridine rings is 1. The zero-order chi connectivity index (χ0) is 35.0. The topological polar surface area (TPSA) is 134 Å². The van der Waals surface area contributed by atoms with Crippen molar-refractivity contribution in [1.29, 1.82) is 0 Å². The molecule has 5 heterocycles. The normalized spacial score (nSPS) is 16.2. The molecule has 13 heteroatoms. The van der Waals surface area contributed by atoms with Crippen LogP contribution in [0, 0.1) is 0 Å². The molecule has 2 aliphatic heterocycles. The molecule has 0 saturated carbocycles. The number of H-pyrrole nitrogens is 1. The van der Waals surface area contributed by atoms with E-state index >= 15 is 0 Å². The summed E-state index contributed by atoms with van der Waals surface area (Å²) < 4.78 is 7.25. The maximum Gasteiger partial charge on any atom is 0.237 e. The molecule has 2 N–H and O–H groups in total. The molecule has 1 atom stereocenters. The third-order valence-corrected chi connectivity index (χ3v) is 9.80. The fourth-order valence-electron chi connectivity index (χ4n) is 6.11. The Morgan fingerprint density at radius 3 is 2.52 bits per heavy atom. The van der Waals surface area contributed by atoms with Crippen molar-refractivity contribution >= 4 is 46.2 Å². The van der Waals surface area contributed by atoms with E-state index in [0.717, 1.165) is 65.3 Å². The first kappa shape index (κ1) is 34.8. The molecule has 0 bridgehead atoms. The van der Waals surface area contributed by atoms with Crippen LogP contribution in [0.5, 0.6) is 5.88 Å². The second-order valence-corrected chi connectivity index (χ2v) is 13.8. The lowest BCUT2D eigenvalue weighted by molar-refractivity contribution is -0.131. The van der Waals surface area contributed by atoms with Gasteiger partial charge < -0.3 is 15.0 Å². The van der Waals surface area contributed by atoms with Crippen LogP contribution in [0.2, 0.25) is 0 Å². The highest BCUT2D eigenvalue weighted by Crippen LogP contribution is 2.29. The van der Waals surface area contributed by atoms with E-state index in [2.05, 4.69) is 72.1 Å². The molecule has 1 fully saturated rings. The number of hydrogen-bond acceptors (Lipinski definition) is 9. The van der Waals surface area contributed by atoms with Crippen molar-refractivity contribution in [1.82, 2.24) is 39.7 Å². The zero-order valence-electron chi connectivity index (χ0n) is 28.9. The number of nitrogens with one attached hydrogen (secondary N) is 2. The molecule has 5 aromatic rings. The van der Waals surface area contributed by atoms with Gasteiger partial charge in [0.2, 0.25) is 18.2 Å². The largest absolute Gasteiger partial charge is 0.475 e. The van der Waals surface area contributed by atoms with Crippen LogP contribution >= 0.6 is 11.8 Å². The number of aryl methyl sites for hydroxylation is 1. The molecule has 2 aliphatic rings. The lowest BCUT2D eigenvalue weighted by atomic mass is 9.98. The molecule has 3 aromatic heterocycles. The fraction of sp³-hybridized carbons (Fsp3) is 0.351. The fourth-order valence-corrected chi connectivity index (χ4v) is 6.81. The van der Waals surface area contributed by atoms with E-state index in [1.807, 2.05) is 67.9 Å². The van der Waals surface area contributed by atoms with Gasteiger partial charge in [0.15, 0.2) is 5.82 Å². The SMILES string of the molecule is CC(C)Oc1ccc(-c2n[nH]c3ccc(NC=O)cc23)cn1.CS[C@H]1CCN(CC(=O)N2CC=C(c3ccc(-c4ncn(C)n4)cc3)CC2)C1. The number of amides is 2. The molecule has 0 aliphatic carbocycles. The summed E-state index contributed by atoms with van der Waals surface area (Å²) >= 11 is 1.91. The Labute approximate surface area is 296 Å². The molecule has 0 unspecified atom stereocenters. The molecule has 7 rings (SSSR count). The molecule has 0 spiro atoms. The molecular weight excluding hydrogens is 651 g/mol. The highest BCUT2D eigenvalue weighted by Gasteiger charge is 2.26. The molecule has 1 saturated heterocycles. The number of anilines is 1. The van der Waals surface area contributed by atoms with Gasteiger partial charge in [-0.25, -0.2) is 9.97 Å². The maximum atomic E-state index is 12.6. The number of aromatic nitrogens is 6. The summed E-state index contributed by atoms with van der Waals surface area (Å²) in [6.07, 6.45) is 10.6. The van der Waals surface area contributed by atoms with Crippen LogP contribution in [0.1, 0.15) is 32.3 Å². The average Bonchev–Trinajstić information content (AvgIpc) is 3.89. The number of thioether (sulfide) groups is 1. The third kappa shape index (κ3) is 8.58. The van der Waals surface area contributed by atoms with Gasteiger partial charge in [-0.3, -0.25) is 24.3 Å². The molecule has 0 radical (unpaired) electrons. The van der Waals surface area contributed by atoms with E-state index in [1.54, 1.807) is 17.2 Å². The second kappa shape index (κ2) is 16.1. The van der Waals surface area contributed by atoms with Crippen LogP contribution < -0.4 is 10.1 Å². The number of nitrogens with zero attached hydrogens (tertiary/aromatic N) is 7. The van der Waals surface area contributed by atoms with Crippen molar-refractivity contribution in [3.63, 3.8) is 0 Å². The van der Waals surface area contributed by atoms with Crippen molar-refractivity contribution < 1.29 is 14.3 Å². The predicted molar refractivity (Wildman–Crippen MR) is 199 cm³/mol. The Balaban J connectivity index is 0.000000178. The van der Waals surface area contributed by atoms with Crippen LogP contribution in [-0.4, -0.2) is 102 Å². The van der Waals surface area contributed by atoms with Gasteiger partial charge in [0.05, 0.1) is 18.2 Å². The van der Waals surface area contributed by atoms with Gasteiger partial charge >= 0.3 is 0 Å². The number of carbonyl (C=O) groups is 2. The number of hydrogen-bond donors (Lipinski definition) is 2. The van der Waals surface area contributed by atoms with Crippen LogP contribution in [0.3, 0.4) is 0 Å². The lowest BCUT2D eigenvalue weighted by Gasteiger charge is -2.28. The van der Waals surface area contributed by atoms with E-state index in [0.29, 0.717) is 30.6 Å². The Hall–Kier alpha value is -5.01. The quantitative estimate of drug-likeness (QED) is 0.182. The standard InChI is InChI=1S/C21H27N5OS.C16H16N4O2/c1-24-15-22-21(23-24)18-5-3-16(4-6-18)17-7-11-26(12-8-17)20(27)14-25-10-9-19(13-25)28-2;1-10(2)22-15-6-3-11(8-17-15)16-13-7-12(18-9-21)4-5-14(13)19-20-16/h3-7,15,19H,8-14H2,1-2H3;3-10H,1-2H3,(H,18,21)(H,19,20)/t19-;/m0./s1. The van der Waals surface area contributed by atoms with E-state index in [1.165, 1.54) is 17.6 Å². The number of rotatable bonds is 10. The summed E-state index contributed by atoms with van der Waals surface area (Å²) in [5, 5.41) is 15.9. The number of fused-ring (bicyclic) bond motifs is 1. The Morgan fingerprint density at radius 2 is 1.88 bits per heavy atom. The van der Waals surface area contributed by atoms with Gasteiger partial charge in [-0.05, 0) is 74.9 Å². The number of likely N-dealkylation sites (tertiary alicyclic amines) is 1. The van der Waals surface area contributed by atoms with Crippen LogP contribution in [0.25, 0.3) is 39.1 Å². The molecule has 50 heavy (non-hydrogen) atoms. The monoisotopic (exact) mass is 693 g/mol. The van der Waals surface area contributed by atoms with Crippen molar-refractivity contribution in [2.45, 2.75) is 38.0 Å². The Kier molecular flexibility index (Phi) is 11.2. The minimum Gasteiger partial charge on any atom is -0.475 e. The first-order valence-electron chi connectivity index (χ1n) is 16.8. The summed E-state index contributed by atoms with van der Waals surface area (Å²) in [7, 11) is 1.87. The van der Waals surface area contributed by atoms with E-state index in [4.69, 9.17) is 4.74 Å². The van der Waals surface area contributed by atoms with Gasteiger partial charge in [-0.2, -0.15) is 22.0 Å². The zero-order valence-corrected chi connectivity index (χ0v) is 29.7. The molecule has 12 nitrogen and oxygen atoms in total. The first-order chi connectivity index (χ1) is 24.3. The van der Waals surface area contributed by atoms with E-state index in [9.17, 15) is 9.59 Å². The van der Waals surface area contributed by atoms with Gasteiger partial charge in [-0.1, -0.05) is 30.3 Å². The van der Waals surface area contributed by atoms with E-state index < -0.39 is 0 Å². The summed E-state index contributed by atoms with van der Waals surface area (Å²) in [4.78, 5) is 36.1. The number of benzene rings is 2. The highest BCUT2D eigenvalue weighted by atomic mass is 32.2. The minimum absolute atomic E-state index is 0.0848. The summed E-state index contributed by atoms with van der Waals surface area (Å²) in [6, 6.07) is 17.7. The summed E-state index contributed by atoms with van der Waals surface area (Å²) in [5.74, 6) is 1.59. The third-order valence-electron chi connectivity index (χ3n) is 8.75. The predicted octanol–water partition coefficient (Wildman–Crippen LogP) is 5.52. The average molecular weight is 694 g/mol. The van der Waals surface area contributed by atoms with Crippen molar-refractivity contribution in [3.05, 3.63) is 78.8 Å². The smallest absolute Gasteiger partial charge is 0.237 e. The Bertz CT molecular complexity index is 1940. The number of ether oxygens (including phenoxy) is 1.